The van der Waals surface area contributed by atoms with Crippen molar-refractivity contribution in [1.29, 1.82) is 0 Å². The first-order valence-electron chi connectivity index (χ1n) is 8.70. The van der Waals surface area contributed by atoms with Crippen LogP contribution in [0.3, 0.4) is 0 Å². The Bertz CT molecular complexity index is 805. The molecule has 150 valence electrons. The van der Waals surface area contributed by atoms with Crippen molar-refractivity contribution in [2.45, 2.75) is 25.0 Å². The summed E-state index contributed by atoms with van der Waals surface area (Å²) in [5.41, 5.74) is 0. The van der Waals surface area contributed by atoms with Crippen LogP contribution in [0.5, 0.6) is 5.75 Å². The van der Waals surface area contributed by atoms with Crippen molar-refractivity contribution in [2.24, 2.45) is 0 Å². The summed E-state index contributed by atoms with van der Waals surface area (Å²) in [7, 11) is -3.36. The minimum atomic E-state index is -3.36. The first-order chi connectivity index (χ1) is 12.8. The molecule has 0 unspecified atom stereocenters. The summed E-state index contributed by atoms with van der Waals surface area (Å²) in [6.07, 6.45) is 1.84. The van der Waals surface area contributed by atoms with Gasteiger partial charge in [-0.15, -0.1) is 0 Å². The second-order valence-corrected chi connectivity index (χ2v) is 8.61. The van der Waals surface area contributed by atoms with E-state index in [-0.39, 0.29) is 23.8 Å². The Morgan fingerprint density at radius 2 is 2.00 bits per heavy atom. The molecule has 0 bridgehead atoms. The van der Waals surface area contributed by atoms with Crippen LogP contribution in [0.15, 0.2) is 18.2 Å². The Morgan fingerprint density at radius 1 is 1.26 bits per heavy atom. The summed E-state index contributed by atoms with van der Waals surface area (Å²) in [5.74, 6) is -2.10. The number of benzene rings is 1. The highest BCUT2D eigenvalue weighted by Crippen LogP contribution is 2.26. The van der Waals surface area contributed by atoms with Gasteiger partial charge in [0.1, 0.15) is 5.82 Å². The van der Waals surface area contributed by atoms with E-state index in [1.165, 1.54) is 10.6 Å². The number of fused-ring (bicyclic) bond motifs is 1. The summed E-state index contributed by atoms with van der Waals surface area (Å²) in [4.78, 5) is 14.0. The van der Waals surface area contributed by atoms with Crippen molar-refractivity contribution in [3.8, 4) is 5.75 Å². The molecule has 1 amide bonds. The number of halogens is 2. The van der Waals surface area contributed by atoms with Crippen molar-refractivity contribution < 1.29 is 31.5 Å². The van der Waals surface area contributed by atoms with E-state index in [0.717, 1.165) is 18.2 Å². The fourth-order valence-electron chi connectivity index (χ4n) is 3.52. The molecule has 0 N–H and O–H groups in total. The fraction of sp³-hybridized carbons (Fsp3) is 0.588. The Hall–Kier alpha value is -1.78. The number of ether oxygens (including phenoxy) is 2. The molecule has 2 fully saturated rings. The first-order valence-corrected chi connectivity index (χ1v) is 10.5. The van der Waals surface area contributed by atoms with Crippen molar-refractivity contribution in [3.05, 3.63) is 29.8 Å². The predicted octanol–water partition coefficient (Wildman–Crippen LogP) is 0.995. The van der Waals surface area contributed by atoms with Crippen LogP contribution in [0.25, 0.3) is 0 Å². The van der Waals surface area contributed by atoms with Crippen LogP contribution in [0.2, 0.25) is 0 Å². The normalized spacial score (nSPS) is 24.2. The van der Waals surface area contributed by atoms with Gasteiger partial charge in [0.2, 0.25) is 10.0 Å². The standard InChI is InChI=1S/C17H22F2N2O5S/c1-27(23,24)21-8-9-25-15-5-7-20(6-4-14(15)21)17(22)11-26-16-10-12(18)2-3-13(16)19/h2-3,10,14-15H,4-9,11H2,1H3/t14-,15-/m1/s1. The van der Waals surface area contributed by atoms with E-state index in [1.807, 2.05) is 0 Å². The maximum Gasteiger partial charge on any atom is 0.260 e. The highest BCUT2D eigenvalue weighted by atomic mass is 32.2. The minimum absolute atomic E-state index is 0.271. The molecule has 0 saturated carbocycles. The van der Waals surface area contributed by atoms with Crippen LogP contribution in [0.1, 0.15) is 12.8 Å². The molecule has 3 rings (SSSR count). The van der Waals surface area contributed by atoms with Gasteiger partial charge in [-0.05, 0) is 25.0 Å². The number of nitrogens with zero attached hydrogens (tertiary/aromatic N) is 2. The Kier molecular flexibility index (Phi) is 5.97. The van der Waals surface area contributed by atoms with Crippen molar-refractivity contribution >= 4 is 15.9 Å². The number of sulfonamides is 1. The molecular formula is C17H22F2N2O5S. The van der Waals surface area contributed by atoms with E-state index in [2.05, 4.69) is 0 Å². The van der Waals surface area contributed by atoms with Gasteiger partial charge in [-0.3, -0.25) is 4.79 Å². The molecule has 0 spiro atoms. The molecule has 1 aromatic carbocycles. The van der Waals surface area contributed by atoms with Gasteiger partial charge in [-0.2, -0.15) is 4.31 Å². The van der Waals surface area contributed by atoms with E-state index in [0.29, 0.717) is 39.1 Å². The van der Waals surface area contributed by atoms with E-state index < -0.39 is 28.3 Å². The average Bonchev–Trinajstić information content (AvgIpc) is 2.84. The van der Waals surface area contributed by atoms with E-state index >= 15 is 0 Å². The SMILES string of the molecule is CS(=O)(=O)N1CCO[C@@H]2CCN(C(=O)COc3cc(F)ccc3F)CC[C@H]21. The number of likely N-dealkylation sites (tertiary alicyclic amines) is 1. The van der Waals surface area contributed by atoms with Crippen molar-refractivity contribution in [1.82, 2.24) is 9.21 Å². The number of amides is 1. The Labute approximate surface area is 156 Å². The van der Waals surface area contributed by atoms with Crippen molar-refractivity contribution in [2.75, 3.05) is 39.1 Å². The number of carbonyl (C=O) groups excluding carboxylic acids is 1. The van der Waals surface area contributed by atoms with Crippen LogP contribution in [0, 0.1) is 11.6 Å². The van der Waals surface area contributed by atoms with Crippen LogP contribution in [-0.4, -0.2) is 74.8 Å². The van der Waals surface area contributed by atoms with Crippen LogP contribution in [0.4, 0.5) is 8.78 Å². The van der Waals surface area contributed by atoms with E-state index in [9.17, 15) is 22.0 Å². The summed E-state index contributed by atoms with van der Waals surface area (Å²) in [6.45, 7) is 0.920. The number of hydrogen-bond donors (Lipinski definition) is 0. The zero-order valence-corrected chi connectivity index (χ0v) is 15.8. The van der Waals surface area contributed by atoms with Gasteiger partial charge in [-0.1, -0.05) is 0 Å². The minimum Gasteiger partial charge on any atom is -0.481 e. The lowest BCUT2D eigenvalue weighted by atomic mass is 10.0. The lowest BCUT2D eigenvalue weighted by molar-refractivity contribution is -0.133. The molecule has 10 heteroatoms. The second-order valence-electron chi connectivity index (χ2n) is 6.67. The van der Waals surface area contributed by atoms with Gasteiger partial charge in [0, 0.05) is 25.7 Å². The number of carbonyl (C=O) groups is 1. The summed E-state index contributed by atoms with van der Waals surface area (Å²) in [5, 5.41) is 0. The molecule has 2 saturated heterocycles. The van der Waals surface area contributed by atoms with Gasteiger partial charge in [0.05, 0.1) is 25.0 Å². The molecule has 0 radical (unpaired) electrons. The van der Waals surface area contributed by atoms with Gasteiger partial charge in [-0.25, -0.2) is 17.2 Å². The molecule has 2 heterocycles. The van der Waals surface area contributed by atoms with Crippen LogP contribution in [-0.2, 0) is 19.6 Å². The van der Waals surface area contributed by atoms with Gasteiger partial charge in [0.15, 0.2) is 18.2 Å². The third-order valence-electron chi connectivity index (χ3n) is 4.84. The van der Waals surface area contributed by atoms with Crippen LogP contribution >= 0.6 is 0 Å². The molecular weight excluding hydrogens is 382 g/mol. The lowest BCUT2D eigenvalue weighted by Gasteiger charge is -2.38. The molecule has 27 heavy (non-hydrogen) atoms. The van der Waals surface area contributed by atoms with Gasteiger partial charge < -0.3 is 14.4 Å². The highest BCUT2D eigenvalue weighted by molar-refractivity contribution is 7.88. The maximum atomic E-state index is 13.6. The summed E-state index contributed by atoms with van der Waals surface area (Å²) in [6, 6.07) is 2.47. The average molecular weight is 404 g/mol. The third kappa shape index (κ3) is 4.74. The quantitative estimate of drug-likeness (QED) is 0.748. The third-order valence-corrected chi connectivity index (χ3v) is 6.15. The topological polar surface area (TPSA) is 76.2 Å². The molecule has 0 aromatic heterocycles. The highest BCUT2D eigenvalue weighted by Gasteiger charge is 2.39. The number of rotatable bonds is 4. The predicted molar refractivity (Wildman–Crippen MR) is 92.7 cm³/mol. The number of hydrogen-bond acceptors (Lipinski definition) is 5. The van der Waals surface area contributed by atoms with Crippen molar-refractivity contribution in [3.63, 3.8) is 0 Å². The second kappa shape index (κ2) is 8.07. The Morgan fingerprint density at radius 3 is 2.74 bits per heavy atom. The van der Waals surface area contributed by atoms with E-state index in [4.69, 9.17) is 9.47 Å². The zero-order valence-electron chi connectivity index (χ0n) is 14.9. The summed E-state index contributed by atoms with van der Waals surface area (Å²) >= 11 is 0. The Balaban J connectivity index is 1.62. The molecule has 0 aliphatic carbocycles. The van der Waals surface area contributed by atoms with Crippen LogP contribution < -0.4 is 4.74 Å². The van der Waals surface area contributed by atoms with E-state index in [1.54, 1.807) is 4.90 Å². The fourth-order valence-corrected chi connectivity index (χ4v) is 4.66. The van der Waals surface area contributed by atoms with Gasteiger partial charge >= 0.3 is 0 Å². The summed E-state index contributed by atoms with van der Waals surface area (Å²) < 4.78 is 63.0. The molecule has 2 atom stereocenters. The lowest BCUT2D eigenvalue weighted by Crippen LogP contribution is -2.53. The largest absolute Gasteiger partial charge is 0.481 e. The monoisotopic (exact) mass is 404 g/mol. The maximum absolute atomic E-state index is 13.6. The first kappa shape index (κ1) is 20.0. The molecule has 2 aliphatic rings. The molecule has 2 aliphatic heterocycles. The smallest absolute Gasteiger partial charge is 0.260 e. The zero-order chi connectivity index (χ0) is 19.6. The van der Waals surface area contributed by atoms with Gasteiger partial charge in [0.25, 0.3) is 5.91 Å². The number of morpholine rings is 1. The molecule has 1 aromatic rings. The molecule has 7 nitrogen and oxygen atoms in total.